The fraction of sp³-hybridized carbons (Fsp3) is 0.500. The molecule has 0 radical (unpaired) electrons. The molecule has 6 rings (SSSR count). The first-order chi connectivity index (χ1) is 18.4. The molecule has 3 aliphatic rings. The number of halogens is 1. The Bertz CT molecular complexity index is 1390. The molecule has 4 heterocycles. The maximum absolute atomic E-state index is 15.9. The molecule has 10 heteroatoms. The van der Waals surface area contributed by atoms with Gasteiger partial charge in [0.2, 0.25) is 0 Å². The molecule has 1 saturated carbocycles. The van der Waals surface area contributed by atoms with E-state index in [4.69, 9.17) is 4.11 Å². The maximum Gasteiger partial charge on any atom is 0.185 e. The number of aromatic hydroxyl groups is 1. The van der Waals surface area contributed by atoms with Gasteiger partial charge in [-0.2, -0.15) is 5.10 Å². The van der Waals surface area contributed by atoms with Crippen LogP contribution in [0.1, 0.15) is 50.1 Å². The van der Waals surface area contributed by atoms with Crippen molar-refractivity contribution in [2.45, 2.75) is 80.3 Å². The molecule has 8 nitrogen and oxygen atoms in total. The second-order valence-electron chi connectivity index (χ2n) is 10.7. The van der Waals surface area contributed by atoms with E-state index in [-0.39, 0.29) is 34.2 Å². The summed E-state index contributed by atoms with van der Waals surface area (Å²) in [4.78, 5) is 6.59. The molecule has 2 aliphatic heterocycles. The highest BCUT2D eigenvalue weighted by atomic mass is 32.2. The maximum atomic E-state index is 15.9. The third-order valence-corrected chi connectivity index (χ3v) is 8.22. The van der Waals surface area contributed by atoms with E-state index in [0.717, 1.165) is 25.7 Å². The number of phenols is 1. The van der Waals surface area contributed by atoms with Crippen molar-refractivity contribution in [3.05, 3.63) is 36.7 Å². The standard InChI is InChI=1S/C26H30FN7OS/c1-25-8-9-26(2,33-25)23(27)19(12-25)34(17-5-6-17)21-14-28-24(32-30-21)18-7-4-15(10-20(18)35)16-11-22(36-3)31-29-13-16/h4,7,10-11,13-14,17,19,23,33,35H,5-6,8-9,12H2,1-3H3/t19-,23-,25-,26+/m0/s1/i3D3. The van der Waals surface area contributed by atoms with E-state index in [1.165, 1.54) is 6.20 Å². The average Bonchev–Trinajstić information content (AvgIpc) is 3.67. The molecule has 2 bridgehead atoms. The molecule has 0 amide bonds. The van der Waals surface area contributed by atoms with Gasteiger partial charge in [0.25, 0.3) is 0 Å². The van der Waals surface area contributed by atoms with E-state index in [9.17, 15) is 5.11 Å². The predicted octanol–water partition coefficient (Wildman–Crippen LogP) is 4.40. The first-order valence-corrected chi connectivity index (χ1v) is 13.0. The summed E-state index contributed by atoms with van der Waals surface area (Å²) in [5, 5.41) is 31.1. The number of hydrogen-bond donors (Lipinski definition) is 2. The Morgan fingerprint density at radius 2 is 2.00 bits per heavy atom. The smallest absolute Gasteiger partial charge is 0.185 e. The van der Waals surface area contributed by atoms with Gasteiger partial charge in [0.1, 0.15) is 16.9 Å². The van der Waals surface area contributed by atoms with Gasteiger partial charge in [-0.25, -0.2) is 9.37 Å². The van der Waals surface area contributed by atoms with Gasteiger partial charge in [0.15, 0.2) is 11.6 Å². The van der Waals surface area contributed by atoms with E-state index < -0.39 is 17.9 Å². The van der Waals surface area contributed by atoms with Gasteiger partial charge in [-0.3, -0.25) is 0 Å². The molecule has 1 aliphatic carbocycles. The minimum atomic E-state index is -2.24. The third kappa shape index (κ3) is 4.10. The van der Waals surface area contributed by atoms with E-state index >= 15 is 4.39 Å². The highest BCUT2D eigenvalue weighted by Crippen LogP contribution is 2.47. The Morgan fingerprint density at radius 3 is 2.72 bits per heavy atom. The summed E-state index contributed by atoms with van der Waals surface area (Å²) < 4.78 is 38.1. The summed E-state index contributed by atoms with van der Waals surface area (Å²) in [5.74, 6) is 0.759. The number of rotatable bonds is 6. The van der Waals surface area contributed by atoms with Crippen molar-refractivity contribution in [2.75, 3.05) is 11.1 Å². The van der Waals surface area contributed by atoms with Crippen LogP contribution in [0.5, 0.6) is 5.75 Å². The number of nitrogens with zero attached hydrogens (tertiary/aromatic N) is 6. The largest absolute Gasteiger partial charge is 0.507 e. The molecule has 1 aromatic carbocycles. The van der Waals surface area contributed by atoms with Crippen LogP contribution in [0.2, 0.25) is 0 Å². The lowest BCUT2D eigenvalue weighted by molar-refractivity contribution is 0.0831. The highest BCUT2D eigenvalue weighted by Gasteiger charge is 2.58. The first-order valence-electron chi connectivity index (χ1n) is 13.7. The van der Waals surface area contributed by atoms with Gasteiger partial charge in [-0.15, -0.1) is 27.1 Å². The zero-order valence-electron chi connectivity index (χ0n) is 23.1. The zero-order chi connectivity index (χ0) is 27.6. The Labute approximate surface area is 218 Å². The summed E-state index contributed by atoms with van der Waals surface area (Å²) in [6.07, 6.45) is 4.30. The van der Waals surface area contributed by atoms with Gasteiger partial charge in [-0.05, 0) is 75.9 Å². The van der Waals surface area contributed by atoms with Crippen LogP contribution in [0.3, 0.4) is 0 Å². The predicted molar refractivity (Wildman–Crippen MR) is 138 cm³/mol. The third-order valence-electron chi connectivity index (χ3n) is 7.81. The Hall–Kier alpha value is -2.85. The second-order valence-corrected chi connectivity index (χ2v) is 11.3. The second kappa shape index (κ2) is 8.62. The molecule has 0 unspecified atom stereocenters. The summed E-state index contributed by atoms with van der Waals surface area (Å²) in [7, 11) is 0. The van der Waals surface area contributed by atoms with E-state index in [0.29, 0.717) is 40.7 Å². The van der Waals surface area contributed by atoms with Crippen LogP contribution in [0.25, 0.3) is 22.5 Å². The number of alkyl halides is 1. The fourth-order valence-corrected chi connectivity index (χ4v) is 6.16. The van der Waals surface area contributed by atoms with Crippen molar-refractivity contribution in [2.24, 2.45) is 0 Å². The normalized spacial score (nSPS) is 30.9. The van der Waals surface area contributed by atoms with Crippen molar-refractivity contribution >= 4 is 17.6 Å². The first kappa shape index (κ1) is 20.2. The summed E-state index contributed by atoms with van der Waals surface area (Å²) in [5.41, 5.74) is 1.01. The molecule has 36 heavy (non-hydrogen) atoms. The molecule has 2 aromatic heterocycles. The van der Waals surface area contributed by atoms with Crippen LogP contribution in [-0.2, 0) is 0 Å². The van der Waals surface area contributed by atoms with E-state index in [2.05, 4.69) is 42.5 Å². The minimum absolute atomic E-state index is 0.0532. The molecule has 2 saturated heterocycles. The lowest BCUT2D eigenvalue weighted by Gasteiger charge is -2.48. The number of nitrogens with one attached hydrogen (secondary N) is 1. The Balaban J connectivity index is 1.24. The number of hydrogen-bond acceptors (Lipinski definition) is 9. The van der Waals surface area contributed by atoms with Crippen molar-refractivity contribution in [3.63, 3.8) is 0 Å². The minimum Gasteiger partial charge on any atom is -0.507 e. The van der Waals surface area contributed by atoms with Gasteiger partial charge in [0, 0.05) is 26.8 Å². The van der Waals surface area contributed by atoms with E-state index in [1.54, 1.807) is 30.5 Å². The molecule has 188 valence electrons. The summed E-state index contributed by atoms with van der Waals surface area (Å²) >= 11 is 0.642. The van der Waals surface area contributed by atoms with Gasteiger partial charge < -0.3 is 15.3 Å². The van der Waals surface area contributed by atoms with Gasteiger partial charge >= 0.3 is 0 Å². The lowest BCUT2D eigenvalue weighted by atomic mass is 9.82. The van der Waals surface area contributed by atoms with Crippen LogP contribution in [0, 0.1) is 0 Å². The topological polar surface area (TPSA) is 100.0 Å². The molecular formula is C26H30FN7OS. The number of thioether (sulfide) groups is 1. The SMILES string of the molecule is [2H]C([2H])([2H])Sc1cc(-c2ccc(-c3ncc(N(C4CC4)[C@H]4C[C@]5(C)CC[C@@](C)(N5)[C@H]4F)nn3)c(O)c2)cnn1. The van der Waals surface area contributed by atoms with Crippen LogP contribution in [-0.4, -0.2) is 66.0 Å². The number of phenolic OH excluding ortho intramolecular Hbond substituents is 1. The van der Waals surface area contributed by atoms with Crippen molar-refractivity contribution in [1.29, 1.82) is 0 Å². The number of anilines is 1. The van der Waals surface area contributed by atoms with Crippen molar-refractivity contribution < 1.29 is 13.6 Å². The van der Waals surface area contributed by atoms with Gasteiger partial charge in [-0.1, -0.05) is 6.07 Å². The molecule has 0 spiro atoms. The van der Waals surface area contributed by atoms with Crippen LogP contribution in [0.15, 0.2) is 41.7 Å². The fourth-order valence-electron chi connectivity index (χ4n) is 5.89. The lowest BCUT2D eigenvalue weighted by Crippen LogP contribution is -2.66. The number of aromatic nitrogens is 5. The summed E-state index contributed by atoms with van der Waals surface area (Å²) in [6.45, 7) is 4.16. The quantitative estimate of drug-likeness (QED) is 0.467. The molecule has 4 atom stereocenters. The van der Waals surface area contributed by atoms with Crippen molar-refractivity contribution in [1.82, 2.24) is 30.7 Å². The Morgan fingerprint density at radius 1 is 1.14 bits per heavy atom. The highest BCUT2D eigenvalue weighted by molar-refractivity contribution is 7.98. The number of fused-ring (bicyclic) bond motifs is 2. The summed E-state index contributed by atoms with van der Waals surface area (Å²) in [6, 6.07) is 6.54. The van der Waals surface area contributed by atoms with Gasteiger partial charge in [0.05, 0.1) is 24.0 Å². The van der Waals surface area contributed by atoms with Crippen LogP contribution < -0.4 is 10.2 Å². The van der Waals surface area contributed by atoms with Crippen LogP contribution >= 0.6 is 11.8 Å². The number of piperidine rings is 1. The van der Waals surface area contributed by atoms with Crippen molar-refractivity contribution in [3.8, 4) is 28.3 Å². The monoisotopic (exact) mass is 510 g/mol. The zero-order valence-corrected chi connectivity index (χ0v) is 21.0. The molecule has 3 aromatic rings. The molecular weight excluding hydrogens is 477 g/mol. The molecule has 2 N–H and O–H groups in total. The number of benzene rings is 1. The van der Waals surface area contributed by atoms with Crippen LogP contribution in [0.4, 0.5) is 10.2 Å². The average molecular weight is 511 g/mol. The molecule has 3 fully saturated rings. The van der Waals surface area contributed by atoms with E-state index in [1.807, 2.05) is 6.92 Å². The Kier molecular flexibility index (Phi) is 4.85.